The second kappa shape index (κ2) is 16.5. The SMILES string of the molecule is CN(c1ccc(C#N)c(Cl)c1)[C@H]1CC[C@H](NC(=O)c2ccc(NCCNC3CCN(c4ccc5c(c4)C(=O)N(C4CCC(=O)NC4=O)C5=O)CC3)cc2)CC1. The summed E-state index contributed by atoms with van der Waals surface area (Å²) in [5.74, 6) is -2.07. The van der Waals surface area contributed by atoms with Crippen LogP contribution in [0.5, 0.6) is 0 Å². The van der Waals surface area contributed by atoms with Crippen molar-refractivity contribution in [2.75, 3.05) is 48.3 Å². The Morgan fingerprint density at radius 1 is 0.873 bits per heavy atom. The number of benzene rings is 3. The maximum Gasteiger partial charge on any atom is 0.262 e. The first kappa shape index (κ1) is 37.8. The third kappa shape index (κ3) is 8.30. The van der Waals surface area contributed by atoms with Crippen LogP contribution in [0.15, 0.2) is 60.7 Å². The van der Waals surface area contributed by atoms with E-state index in [9.17, 15) is 24.0 Å². The van der Waals surface area contributed by atoms with E-state index in [0.29, 0.717) is 33.8 Å². The van der Waals surface area contributed by atoms with Crippen molar-refractivity contribution in [2.45, 2.75) is 75.5 Å². The van der Waals surface area contributed by atoms with Crippen molar-refractivity contribution in [3.63, 3.8) is 0 Å². The molecule has 4 N–H and O–H groups in total. The average Bonchev–Trinajstić information content (AvgIpc) is 3.44. The van der Waals surface area contributed by atoms with Crippen molar-refractivity contribution in [1.29, 1.82) is 5.26 Å². The number of nitrogens with one attached hydrogen (secondary N) is 4. The van der Waals surface area contributed by atoms with Crippen LogP contribution in [0.25, 0.3) is 0 Å². The van der Waals surface area contributed by atoms with Gasteiger partial charge in [-0.3, -0.25) is 34.2 Å². The van der Waals surface area contributed by atoms with Gasteiger partial charge in [0, 0.05) is 80.4 Å². The number of carbonyl (C=O) groups excluding carboxylic acids is 5. The van der Waals surface area contributed by atoms with Crippen molar-refractivity contribution < 1.29 is 24.0 Å². The van der Waals surface area contributed by atoms with E-state index >= 15 is 0 Å². The van der Waals surface area contributed by atoms with Crippen LogP contribution >= 0.6 is 11.6 Å². The van der Waals surface area contributed by atoms with Gasteiger partial charge in [-0.25, -0.2) is 0 Å². The molecule has 13 nitrogen and oxygen atoms in total. The highest BCUT2D eigenvalue weighted by Gasteiger charge is 2.44. The molecule has 2 saturated heterocycles. The summed E-state index contributed by atoms with van der Waals surface area (Å²) >= 11 is 6.25. The predicted molar refractivity (Wildman–Crippen MR) is 209 cm³/mol. The Kier molecular flexibility index (Phi) is 11.4. The van der Waals surface area contributed by atoms with E-state index in [1.165, 1.54) is 0 Å². The van der Waals surface area contributed by atoms with Crippen LogP contribution in [0.2, 0.25) is 5.02 Å². The molecule has 14 heteroatoms. The van der Waals surface area contributed by atoms with Gasteiger partial charge in [-0.05, 0) is 106 Å². The van der Waals surface area contributed by atoms with E-state index in [1.54, 1.807) is 18.2 Å². The molecule has 3 fully saturated rings. The largest absolute Gasteiger partial charge is 0.384 e. The molecule has 0 bridgehead atoms. The number of nitriles is 1. The predicted octanol–water partition coefficient (Wildman–Crippen LogP) is 4.46. The molecule has 3 aromatic carbocycles. The molecule has 1 atom stereocenters. The zero-order chi connectivity index (χ0) is 38.6. The zero-order valence-corrected chi connectivity index (χ0v) is 31.5. The molecule has 0 radical (unpaired) electrons. The van der Waals surface area contributed by atoms with E-state index in [-0.39, 0.29) is 30.4 Å². The first-order valence-corrected chi connectivity index (χ1v) is 19.4. The minimum absolute atomic E-state index is 0.0654. The fourth-order valence-electron chi connectivity index (χ4n) is 8.12. The number of halogens is 1. The molecule has 55 heavy (non-hydrogen) atoms. The van der Waals surface area contributed by atoms with Gasteiger partial charge < -0.3 is 25.8 Å². The van der Waals surface area contributed by atoms with Crippen molar-refractivity contribution in [1.82, 2.24) is 20.9 Å². The van der Waals surface area contributed by atoms with Gasteiger partial charge in [-0.1, -0.05) is 11.6 Å². The molecular formula is C41H45ClN8O5. The normalized spacial score (nSPS) is 21.5. The fraction of sp³-hybridized carbons (Fsp3) is 0.415. The number of anilines is 3. The summed E-state index contributed by atoms with van der Waals surface area (Å²) in [7, 11) is 2.05. The molecule has 5 amide bonds. The first-order chi connectivity index (χ1) is 26.6. The molecule has 1 aliphatic carbocycles. The van der Waals surface area contributed by atoms with E-state index in [1.807, 2.05) is 49.5 Å². The van der Waals surface area contributed by atoms with Crippen LogP contribution in [-0.4, -0.2) is 91.8 Å². The minimum Gasteiger partial charge on any atom is -0.384 e. The Balaban J connectivity index is 0.803. The lowest BCUT2D eigenvalue weighted by Gasteiger charge is -2.36. The maximum absolute atomic E-state index is 13.2. The quantitative estimate of drug-likeness (QED) is 0.162. The van der Waals surface area contributed by atoms with Gasteiger partial charge in [0.15, 0.2) is 0 Å². The second-order valence-electron chi connectivity index (χ2n) is 14.8. The number of amides is 5. The van der Waals surface area contributed by atoms with E-state index in [2.05, 4.69) is 37.1 Å². The number of carbonyl (C=O) groups is 5. The summed E-state index contributed by atoms with van der Waals surface area (Å²) in [6.45, 7) is 3.08. The van der Waals surface area contributed by atoms with Gasteiger partial charge in [0.25, 0.3) is 17.7 Å². The van der Waals surface area contributed by atoms with E-state index in [4.69, 9.17) is 16.9 Å². The van der Waals surface area contributed by atoms with Crippen LogP contribution in [0.1, 0.15) is 88.0 Å². The first-order valence-electron chi connectivity index (χ1n) is 19.0. The molecule has 0 spiro atoms. The van der Waals surface area contributed by atoms with Gasteiger partial charge in [-0.2, -0.15) is 5.26 Å². The highest BCUT2D eigenvalue weighted by atomic mass is 35.5. The van der Waals surface area contributed by atoms with Crippen molar-refractivity contribution in [3.8, 4) is 6.07 Å². The molecule has 1 saturated carbocycles. The molecule has 7 rings (SSSR count). The third-order valence-corrected chi connectivity index (χ3v) is 11.7. The van der Waals surface area contributed by atoms with Crippen LogP contribution in [0.3, 0.4) is 0 Å². The Morgan fingerprint density at radius 3 is 2.29 bits per heavy atom. The Morgan fingerprint density at radius 2 is 1.60 bits per heavy atom. The zero-order valence-electron chi connectivity index (χ0n) is 30.8. The lowest BCUT2D eigenvalue weighted by atomic mass is 9.90. The lowest BCUT2D eigenvalue weighted by molar-refractivity contribution is -0.136. The molecule has 3 heterocycles. The smallest absolute Gasteiger partial charge is 0.262 e. The van der Waals surface area contributed by atoms with Crippen molar-refractivity contribution in [2.24, 2.45) is 0 Å². The van der Waals surface area contributed by atoms with Gasteiger partial charge in [0.05, 0.1) is 21.7 Å². The number of imide groups is 2. The highest BCUT2D eigenvalue weighted by molar-refractivity contribution is 6.32. The van der Waals surface area contributed by atoms with E-state index in [0.717, 1.165) is 86.7 Å². The summed E-state index contributed by atoms with van der Waals surface area (Å²) in [4.78, 5) is 68.7. The Bertz CT molecular complexity index is 2020. The second-order valence-corrected chi connectivity index (χ2v) is 15.2. The van der Waals surface area contributed by atoms with Gasteiger partial charge in [0.2, 0.25) is 11.8 Å². The highest BCUT2D eigenvalue weighted by Crippen LogP contribution is 2.32. The third-order valence-electron chi connectivity index (χ3n) is 11.4. The van der Waals surface area contributed by atoms with Crippen molar-refractivity contribution >= 4 is 58.2 Å². The van der Waals surface area contributed by atoms with Gasteiger partial charge in [0.1, 0.15) is 12.1 Å². The molecule has 1 unspecified atom stereocenters. The monoisotopic (exact) mass is 764 g/mol. The Labute approximate surface area is 325 Å². The number of hydrogen-bond acceptors (Lipinski definition) is 10. The van der Waals surface area contributed by atoms with Gasteiger partial charge in [-0.15, -0.1) is 0 Å². The number of rotatable bonds is 11. The summed E-state index contributed by atoms with van der Waals surface area (Å²) in [6.07, 6.45) is 5.73. The maximum atomic E-state index is 13.2. The molecule has 4 aliphatic rings. The molecule has 0 aromatic heterocycles. The standard InChI is InChI=1S/C41H45ClN8O5/c1-48(31-9-4-26(24-43)35(42)23-31)30-10-7-29(8-11-30)46-38(52)25-2-5-27(6-3-25)44-18-19-45-28-16-20-49(21-17-28)32-12-13-33-34(22-32)41(55)50(40(33)54)36-14-15-37(51)47-39(36)53/h2-6,9,12-13,22-23,28-30,36,44-45H,7-8,10-11,14-21H2,1H3,(H,46,52)(H,47,51,53)/t29-,30-,36?. The molecule has 3 aliphatic heterocycles. The average molecular weight is 765 g/mol. The Hall–Kier alpha value is -5.45. The van der Waals surface area contributed by atoms with Crippen LogP contribution in [0, 0.1) is 11.3 Å². The minimum atomic E-state index is -0.977. The van der Waals surface area contributed by atoms with Gasteiger partial charge >= 0.3 is 0 Å². The molecule has 3 aromatic rings. The summed E-state index contributed by atoms with van der Waals surface area (Å²) < 4.78 is 0. The summed E-state index contributed by atoms with van der Waals surface area (Å²) in [6, 6.07) is 20.3. The topological polar surface area (TPSA) is 167 Å². The van der Waals surface area contributed by atoms with Crippen LogP contribution < -0.4 is 31.1 Å². The summed E-state index contributed by atoms with van der Waals surface area (Å²) in [5, 5.41) is 22.1. The summed E-state index contributed by atoms with van der Waals surface area (Å²) in [5.41, 5.74) is 4.48. The van der Waals surface area contributed by atoms with Crippen LogP contribution in [-0.2, 0) is 9.59 Å². The van der Waals surface area contributed by atoms with Crippen molar-refractivity contribution in [3.05, 3.63) is 87.9 Å². The number of piperidine rings is 2. The lowest BCUT2D eigenvalue weighted by Crippen LogP contribution is -2.54. The fourth-order valence-corrected chi connectivity index (χ4v) is 8.34. The number of nitrogens with zero attached hydrogens (tertiary/aromatic N) is 4. The number of fused-ring (bicyclic) bond motifs is 1. The van der Waals surface area contributed by atoms with E-state index < -0.39 is 29.7 Å². The van der Waals surface area contributed by atoms with Crippen LogP contribution in [0.4, 0.5) is 17.1 Å². The molecular weight excluding hydrogens is 720 g/mol. The number of hydrogen-bond donors (Lipinski definition) is 4. The molecule has 286 valence electrons.